The first kappa shape index (κ1) is 53.4. The molecule has 1 unspecified atom stereocenters. The number of aromatic amines is 3. The highest BCUT2D eigenvalue weighted by atomic mass is 16.2. The number of H-pyrrole nitrogens is 3. The van der Waals surface area contributed by atoms with Gasteiger partial charge in [-0.15, -0.1) is 0 Å². The monoisotopic (exact) mass is 1050 g/mol. The van der Waals surface area contributed by atoms with E-state index in [4.69, 9.17) is 19.7 Å². The van der Waals surface area contributed by atoms with E-state index in [9.17, 15) is 14.4 Å². The average molecular weight is 1050 g/mol. The summed E-state index contributed by atoms with van der Waals surface area (Å²) < 4.78 is 0. The van der Waals surface area contributed by atoms with Crippen molar-refractivity contribution in [1.29, 1.82) is 0 Å². The largest absolute Gasteiger partial charge is 0.295 e. The fraction of sp³-hybridized carbons (Fsp3) is 0.213. The van der Waals surface area contributed by atoms with E-state index < -0.39 is 0 Å². The van der Waals surface area contributed by atoms with Crippen LogP contribution >= 0.6 is 0 Å². The van der Waals surface area contributed by atoms with Crippen LogP contribution in [0.5, 0.6) is 0 Å². The van der Waals surface area contributed by atoms with Crippen LogP contribution in [0.25, 0.3) is 48.3 Å². The van der Waals surface area contributed by atoms with Gasteiger partial charge in [0.25, 0.3) is 0 Å². The molecule has 3 aliphatic heterocycles. The van der Waals surface area contributed by atoms with Gasteiger partial charge in [-0.1, -0.05) is 80.2 Å². The summed E-state index contributed by atoms with van der Waals surface area (Å²) in [7, 11) is 0. The lowest BCUT2D eigenvalue weighted by molar-refractivity contribution is -0.121. The number of amides is 3. The predicted octanol–water partition coefficient (Wildman–Crippen LogP) is 11.5. The zero-order chi connectivity index (χ0) is 53.8. The summed E-state index contributed by atoms with van der Waals surface area (Å²) in [5, 5.41) is 21.9. The minimum Gasteiger partial charge on any atom is -0.295 e. The lowest BCUT2D eigenvalue weighted by Gasteiger charge is -2.13. The lowest BCUT2D eigenvalue weighted by Crippen LogP contribution is -2.28. The van der Waals surface area contributed by atoms with Crippen LogP contribution in [-0.2, 0) is 33.6 Å². The molecule has 3 aromatic carbocycles. The number of nitrogens with one attached hydrogen (secondary N) is 3. The van der Waals surface area contributed by atoms with Crippen LogP contribution < -0.4 is 14.7 Å². The Balaban J connectivity index is 0.000000143. The van der Waals surface area contributed by atoms with E-state index in [2.05, 4.69) is 60.1 Å². The summed E-state index contributed by atoms with van der Waals surface area (Å²) in [5.74, 6) is 2.15. The summed E-state index contributed by atoms with van der Waals surface area (Å²) in [6.45, 7) is 23.0. The fourth-order valence-corrected chi connectivity index (χ4v) is 9.83. The topological polar surface area (TPSA) is 199 Å². The number of carbonyl (C=O) groups is 3. The Hall–Kier alpha value is -10.4. The lowest BCUT2D eigenvalue weighted by atomic mass is 9.98. The molecule has 9 aromatic rings. The molecule has 392 valence electrons. The molecule has 0 aliphatic carbocycles. The smallest absolute Gasteiger partial charge is 0.231 e. The third-order valence-electron chi connectivity index (χ3n) is 14.1. The minimum atomic E-state index is -0.0464. The van der Waals surface area contributed by atoms with E-state index in [0.717, 1.165) is 69.7 Å². The first-order valence-corrected chi connectivity index (χ1v) is 25.4. The van der Waals surface area contributed by atoms with Crippen molar-refractivity contribution in [3.05, 3.63) is 216 Å². The summed E-state index contributed by atoms with van der Waals surface area (Å²) in [4.78, 5) is 65.9. The molecule has 6 aromatic heterocycles. The number of aromatic nitrogens is 9. The second kappa shape index (κ2) is 25.0. The Morgan fingerprint density at radius 3 is 0.899 bits per heavy atom. The van der Waals surface area contributed by atoms with Gasteiger partial charge in [0.1, 0.15) is 0 Å². The van der Waals surface area contributed by atoms with Gasteiger partial charge >= 0.3 is 0 Å². The van der Waals surface area contributed by atoms with E-state index in [1.54, 1.807) is 88.3 Å². The second-order valence-electron chi connectivity index (χ2n) is 19.0. The summed E-state index contributed by atoms with van der Waals surface area (Å²) in [6.07, 6.45) is 14.9. The van der Waals surface area contributed by atoms with Crippen molar-refractivity contribution in [2.45, 2.75) is 46.0 Å². The summed E-state index contributed by atoms with van der Waals surface area (Å²) >= 11 is 0. The molecule has 3 aliphatic rings. The van der Waals surface area contributed by atoms with Crippen molar-refractivity contribution >= 4 is 52.2 Å². The number of hydrogen-bond donors (Lipinski definition) is 3. The number of pyridine rings is 3. The Bertz CT molecular complexity index is 3250. The third-order valence-corrected chi connectivity index (χ3v) is 14.1. The van der Waals surface area contributed by atoms with Gasteiger partial charge in [-0.3, -0.25) is 59.3 Å². The molecule has 0 radical (unpaired) electrons. The van der Waals surface area contributed by atoms with E-state index in [1.807, 2.05) is 91.0 Å². The van der Waals surface area contributed by atoms with Gasteiger partial charge < -0.3 is 0 Å². The number of carbonyl (C=O) groups excluding carboxylic acids is 3. The van der Waals surface area contributed by atoms with E-state index in [1.165, 1.54) is 0 Å². The van der Waals surface area contributed by atoms with Crippen molar-refractivity contribution in [3.8, 4) is 33.8 Å². The zero-order valence-electron chi connectivity index (χ0n) is 42.3. The van der Waals surface area contributed by atoms with Crippen molar-refractivity contribution in [2.24, 2.45) is 17.8 Å². The van der Waals surface area contributed by atoms with Crippen LogP contribution in [-0.4, -0.2) is 82.9 Å². The summed E-state index contributed by atoms with van der Waals surface area (Å²) in [5.41, 5.74) is 10.7. The Morgan fingerprint density at radius 1 is 0.405 bits per heavy atom. The molecule has 0 spiro atoms. The molecule has 18 heteroatoms. The zero-order valence-corrected chi connectivity index (χ0v) is 42.3. The molecule has 12 rings (SSSR count). The van der Waals surface area contributed by atoms with Crippen molar-refractivity contribution < 1.29 is 14.4 Å². The van der Waals surface area contributed by atoms with Crippen LogP contribution in [0, 0.1) is 37.5 Å². The molecule has 18 nitrogen and oxygen atoms in total. The Kier molecular flexibility index (Phi) is 16.9. The van der Waals surface area contributed by atoms with E-state index >= 15 is 0 Å². The van der Waals surface area contributed by atoms with Crippen LogP contribution in [0.4, 0.5) is 34.5 Å². The van der Waals surface area contributed by atoms with Crippen LogP contribution in [0.3, 0.4) is 0 Å². The number of rotatable bonds is 12. The molecule has 9 heterocycles. The standard InChI is InChI=1S/3C20H17N5O.CH4/c3*1-21-17-4-2-14(3-5-17)12-16-8-11-25(20(16)26)19-13-18(23-24-19)15-6-9-22-10-7-15;/h3*2-7,9-10,13,16H,8,11-12H2,(H,23,24);1H4/t2*16-;;/m10../s1. The van der Waals surface area contributed by atoms with Gasteiger partial charge in [0.2, 0.25) is 17.7 Å². The van der Waals surface area contributed by atoms with E-state index in [-0.39, 0.29) is 42.9 Å². The van der Waals surface area contributed by atoms with E-state index in [0.29, 0.717) is 73.4 Å². The van der Waals surface area contributed by atoms with Gasteiger partial charge in [0, 0.05) is 109 Å². The molecule has 3 atom stereocenters. The Morgan fingerprint density at radius 2 is 0.658 bits per heavy atom. The van der Waals surface area contributed by atoms with Crippen molar-refractivity contribution in [3.63, 3.8) is 0 Å². The van der Waals surface area contributed by atoms with Gasteiger partial charge in [-0.05, 0) is 91.6 Å². The molecule has 3 N–H and O–H groups in total. The van der Waals surface area contributed by atoms with Gasteiger partial charge in [0.05, 0.1) is 36.8 Å². The molecule has 79 heavy (non-hydrogen) atoms. The quantitative estimate of drug-likeness (QED) is 0.0996. The summed E-state index contributed by atoms with van der Waals surface area (Å²) in [6, 6.07) is 39.5. The van der Waals surface area contributed by atoms with Crippen LogP contribution in [0.15, 0.2) is 165 Å². The normalized spacial score (nSPS) is 16.4. The first-order chi connectivity index (χ1) is 38.2. The molecule has 3 amide bonds. The van der Waals surface area contributed by atoms with Crippen LogP contribution in [0.1, 0.15) is 43.4 Å². The third kappa shape index (κ3) is 12.7. The maximum absolute atomic E-state index is 12.8. The SMILES string of the molecule is C.[C-]#[N+]c1ccc(CC2CCN(c3cc(-c4ccncc4)[nH]n3)C2=O)cc1.[C-]#[N+]c1ccc(C[C@@H]2CCN(c3cc(-c4ccncc4)[nH]n3)C2=O)cc1.[C-]#[N+]c1ccc(C[C@H]2CCN(c3cc(-c4ccncc4)[nH]n3)C2=O)cc1. The fourth-order valence-electron chi connectivity index (χ4n) is 9.83. The van der Waals surface area contributed by atoms with Gasteiger partial charge in [-0.2, -0.15) is 15.3 Å². The molecule has 3 saturated heterocycles. The molecular formula is C61H55N15O3. The van der Waals surface area contributed by atoms with Gasteiger partial charge in [0.15, 0.2) is 34.5 Å². The maximum Gasteiger partial charge on any atom is 0.231 e. The highest BCUT2D eigenvalue weighted by molar-refractivity contribution is 5.98. The first-order valence-electron chi connectivity index (χ1n) is 25.4. The predicted molar refractivity (Wildman–Crippen MR) is 303 cm³/mol. The maximum atomic E-state index is 12.8. The highest BCUT2D eigenvalue weighted by Gasteiger charge is 2.36. The number of hydrogen-bond acceptors (Lipinski definition) is 9. The minimum absolute atomic E-state index is 0. The number of benzene rings is 3. The van der Waals surface area contributed by atoms with Crippen molar-refractivity contribution in [2.75, 3.05) is 34.3 Å². The molecule has 0 bridgehead atoms. The molecular weight excluding hydrogens is 991 g/mol. The highest BCUT2D eigenvalue weighted by Crippen LogP contribution is 2.33. The molecule has 3 fully saturated rings. The number of anilines is 3. The van der Waals surface area contributed by atoms with Crippen LogP contribution in [0.2, 0.25) is 0 Å². The number of nitrogens with zero attached hydrogens (tertiary/aromatic N) is 12. The Labute approximate surface area is 457 Å². The molecule has 0 saturated carbocycles. The van der Waals surface area contributed by atoms with Crippen molar-refractivity contribution in [1.82, 2.24) is 45.5 Å². The second-order valence-corrected chi connectivity index (χ2v) is 19.0. The average Bonchev–Trinajstić information content (AvgIpc) is 4.48. The van der Waals surface area contributed by atoms with Gasteiger partial charge in [-0.25, -0.2) is 14.5 Å².